The second kappa shape index (κ2) is 9.23. The number of carboxylic acid groups (broad SMARTS) is 1. The van der Waals surface area contributed by atoms with Crippen LogP contribution in [0.3, 0.4) is 0 Å². The van der Waals surface area contributed by atoms with Crippen LogP contribution in [0.15, 0.2) is 48.5 Å². The first-order valence-electron chi connectivity index (χ1n) is 11.1. The van der Waals surface area contributed by atoms with Gasteiger partial charge in [-0.3, -0.25) is 4.79 Å². The molecule has 33 heavy (non-hydrogen) atoms. The van der Waals surface area contributed by atoms with Crippen molar-refractivity contribution in [3.05, 3.63) is 59.7 Å². The number of fused-ring (bicyclic) bond motifs is 3. The van der Waals surface area contributed by atoms with Crippen molar-refractivity contribution in [2.24, 2.45) is 0 Å². The molecule has 1 aliphatic carbocycles. The highest BCUT2D eigenvalue weighted by molar-refractivity contribution is 5.91. The summed E-state index contributed by atoms with van der Waals surface area (Å²) in [6.45, 7) is 2.07. The molecule has 2 N–H and O–H groups in total. The van der Waals surface area contributed by atoms with E-state index in [1.165, 1.54) is 11.9 Å². The number of carbonyl (C=O) groups is 3. The number of hydrogen-bond acceptors (Lipinski definition) is 5. The Bertz CT molecular complexity index is 1020. The van der Waals surface area contributed by atoms with Crippen molar-refractivity contribution < 1.29 is 29.0 Å². The van der Waals surface area contributed by atoms with Crippen molar-refractivity contribution in [3.63, 3.8) is 0 Å². The lowest BCUT2D eigenvalue weighted by Crippen LogP contribution is -2.60. The third-order valence-corrected chi connectivity index (χ3v) is 6.71. The quantitative estimate of drug-likeness (QED) is 0.669. The van der Waals surface area contributed by atoms with Gasteiger partial charge in [-0.15, -0.1) is 0 Å². The van der Waals surface area contributed by atoms with E-state index >= 15 is 0 Å². The second-order valence-electron chi connectivity index (χ2n) is 8.47. The van der Waals surface area contributed by atoms with Crippen molar-refractivity contribution in [1.29, 1.82) is 0 Å². The van der Waals surface area contributed by atoms with E-state index in [0.29, 0.717) is 6.42 Å². The molecular weight excluding hydrogens is 424 g/mol. The summed E-state index contributed by atoms with van der Waals surface area (Å²) in [5.41, 5.74) is 3.03. The molecule has 1 unspecified atom stereocenters. The number of alkyl carbamates (subject to hydrolysis) is 1. The van der Waals surface area contributed by atoms with Crippen LogP contribution >= 0.6 is 0 Å². The topological polar surface area (TPSA) is 105 Å². The summed E-state index contributed by atoms with van der Waals surface area (Å²) in [6.07, 6.45) is -0.215. The van der Waals surface area contributed by atoms with E-state index in [-0.39, 0.29) is 32.2 Å². The van der Waals surface area contributed by atoms with E-state index in [9.17, 15) is 19.5 Å². The number of aliphatic carboxylic acids is 1. The summed E-state index contributed by atoms with van der Waals surface area (Å²) < 4.78 is 10.8. The molecule has 2 aromatic rings. The molecule has 1 aliphatic heterocycles. The minimum Gasteiger partial charge on any atom is -0.479 e. The molecule has 8 nitrogen and oxygen atoms in total. The van der Waals surface area contributed by atoms with Crippen LogP contribution in [0.4, 0.5) is 4.79 Å². The molecule has 1 heterocycles. The van der Waals surface area contributed by atoms with Crippen LogP contribution in [0.25, 0.3) is 11.1 Å². The fourth-order valence-electron chi connectivity index (χ4n) is 4.70. The van der Waals surface area contributed by atoms with Gasteiger partial charge in [-0.05, 0) is 28.7 Å². The van der Waals surface area contributed by atoms with Gasteiger partial charge in [0.2, 0.25) is 5.91 Å². The highest BCUT2D eigenvalue weighted by Crippen LogP contribution is 2.44. The van der Waals surface area contributed by atoms with Gasteiger partial charge in [-0.2, -0.15) is 0 Å². The monoisotopic (exact) mass is 452 g/mol. The Labute approximate surface area is 192 Å². The molecule has 0 bridgehead atoms. The van der Waals surface area contributed by atoms with Crippen molar-refractivity contribution in [3.8, 4) is 11.1 Å². The number of carbonyl (C=O) groups excluding carboxylic acids is 2. The zero-order chi connectivity index (χ0) is 23.6. The molecule has 2 aromatic carbocycles. The number of benzene rings is 2. The van der Waals surface area contributed by atoms with Gasteiger partial charge >= 0.3 is 12.1 Å². The van der Waals surface area contributed by atoms with Crippen LogP contribution in [-0.2, 0) is 19.1 Å². The van der Waals surface area contributed by atoms with E-state index in [1.54, 1.807) is 6.92 Å². The van der Waals surface area contributed by atoms with Crippen molar-refractivity contribution in [1.82, 2.24) is 10.2 Å². The highest BCUT2D eigenvalue weighted by atomic mass is 16.5. The van der Waals surface area contributed by atoms with Crippen LogP contribution in [0, 0.1) is 0 Å². The van der Waals surface area contributed by atoms with E-state index < -0.39 is 29.6 Å². The average molecular weight is 453 g/mol. The first kappa shape index (κ1) is 22.8. The number of carboxylic acids is 1. The Morgan fingerprint density at radius 3 is 2.27 bits per heavy atom. The fourth-order valence-corrected chi connectivity index (χ4v) is 4.70. The van der Waals surface area contributed by atoms with Gasteiger partial charge in [0.25, 0.3) is 0 Å². The lowest BCUT2D eigenvalue weighted by atomic mass is 9.95. The van der Waals surface area contributed by atoms with E-state index in [0.717, 1.165) is 22.3 Å². The van der Waals surface area contributed by atoms with Crippen LogP contribution < -0.4 is 5.32 Å². The number of nitrogens with zero attached hydrogens (tertiary/aromatic N) is 1. The number of amides is 2. The van der Waals surface area contributed by atoms with Crippen molar-refractivity contribution >= 4 is 18.0 Å². The fraction of sp³-hybridized carbons (Fsp3) is 0.400. The van der Waals surface area contributed by atoms with Crippen molar-refractivity contribution in [2.45, 2.75) is 37.3 Å². The van der Waals surface area contributed by atoms with Crippen molar-refractivity contribution in [2.75, 3.05) is 26.9 Å². The molecule has 1 fully saturated rings. The molecule has 2 aliphatic rings. The molecule has 2 amide bonds. The molecule has 0 aromatic heterocycles. The predicted octanol–water partition coefficient (Wildman–Crippen LogP) is 3.01. The maximum Gasteiger partial charge on any atom is 0.407 e. The van der Waals surface area contributed by atoms with E-state index in [1.807, 2.05) is 36.4 Å². The van der Waals surface area contributed by atoms with Crippen LogP contribution in [0.2, 0.25) is 0 Å². The first-order valence-corrected chi connectivity index (χ1v) is 11.1. The Morgan fingerprint density at radius 1 is 1.15 bits per heavy atom. The zero-order valence-corrected chi connectivity index (χ0v) is 18.7. The third-order valence-electron chi connectivity index (χ3n) is 6.71. The lowest BCUT2D eigenvalue weighted by Gasteiger charge is -2.35. The Balaban J connectivity index is 1.42. The Morgan fingerprint density at radius 2 is 1.76 bits per heavy atom. The number of likely N-dealkylation sites (N-methyl/N-ethyl adjacent to an activating group) is 1. The maximum atomic E-state index is 13.0. The van der Waals surface area contributed by atoms with Gasteiger partial charge in [0.1, 0.15) is 12.6 Å². The van der Waals surface area contributed by atoms with Crippen LogP contribution in [-0.4, -0.2) is 66.4 Å². The van der Waals surface area contributed by atoms with E-state index in [2.05, 4.69) is 17.4 Å². The standard InChI is InChI=1S/C25H28N2O6/c1-3-21(22(28)27(2)25(23(29)30)12-13-32-15-25)26-24(31)33-14-20-18-10-6-4-8-16(18)17-9-5-7-11-19(17)20/h4-11,20-21H,3,12-15H2,1-2H3,(H,26,31)(H,29,30)/t21-,25?/m0/s1. The molecule has 0 spiro atoms. The molecule has 4 rings (SSSR count). The summed E-state index contributed by atoms with van der Waals surface area (Å²) in [4.78, 5) is 38.7. The largest absolute Gasteiger partial charge is 0.479 e. The zero-order valence-electron chi connectivity index (χ0n) is 18.7. The smallest absolute Gasteiger partial charge is 0.407 e. The number of rotatable bonds is 7. The summed E-state index contributed by atoms with van der Waals surface area (Å²) in [5, 5.41) is 12.3. The molecule has 0 radical (unpaired) electrons. The lowest BCUT2D eigenvalue weighted by molar-refractivity contribution is -0.158. The molecule has 174 valence electrons. The average Bonchev–Trinajstić information content (AvgIpc) is 3.45. The molecule has 2 atom stereocenters. The third kappa shape index (κ3) is 4.06. The van der Waals surface area contributed by atoms with Gasteiger partial charge in [0.15, 0.2) is 5.54 Å². The van der Waals surface area contributed by atoms with Gasteiger partial charge < -0.3 is 24.8 Å². The SMILES string of the molecule is CC[C@H](NC(=O)OCC1c2ccccc2-c2ccccc21)C(=O)N(C)C1(C(=O)O)CCOC1. The van der Waals surface area contributed by atoms with Crippen LogP contribution in [0.1, 0.15) is 36.8 Å². The predicted molar refractivity (Wildman–Crippen MR) is 121 cm³/mol. The number of hydrogen-bond donors (Lipinski definition) is 2. The molecular formula is C25H28N2O6. The summed E-state index contributed by atoms with van der Waals surface area (Å²) in [5.74, 6) is -1.70. The summed E-state index contributed by atoms with van der Waals surface area (Å²) in [7, 11) is 1.44. The first-order chi connectivity index (χ1) is 15.9. The Kier molecular flexibility index (Phi) is 6.37. The van der Waals surface area contributed by atoms with E-state index in [4.69, 9.17) is 9.47 Å². The van der Waals surface area contributed by atoms with Gasteiger partial charge in [0, 0.05) is 26.0 Å². The highest BCUT2D eigenvalue weighted by Gasteiger charge is 2.49. The number of ether oxygens (including phenoxy) is 2. The van der Waals surface area contributed by atoms with Gasteiger partial charge in [0.05, 0.1) is 6.61 Å². The molecule has 1 saturated heterocycles. The molecule has 8 heteroatoms. The summed E-state index contributed by atoms with van der Waals surface area (Å²) >= 11 is 0. The van der Waals surface area contributed by atoms with Gasteiger partial charge in [-0.1, -0.05) is 55.5 Å². The maximum absolute atomic E-state index is 13.0. The van der Waals surface area contributed by atoms with Crippen LogP contribution in [0.5, 0.6) is 0 Å². The molecule has 0 saturated carbocycles. The summed E-state index contributed by atoms with van der Waals surface area (Å²) in [6, 6.07) is 15.2. The van der Waals surface area contributed by atoms with Gasteiger partial charge in [-0.25, -0.2) is 9.59 Å². The minimum absolute atomic E-state index is 0.0774. The second-order valence-corrected chi connectivity index (χ2v) is 8.47. The number of nitrogens with one attached hydrogen (secondary N) is 1. The Hall–Kier alpha value is -3.39. The normalized spacial score (nSPS) is 19.9. The minimum atomic E-state index is -1.42.